The third kappa shape index (κ3) is 1.54. The minimum atomic E-state index is -0.198. The predicted molar refractivity (Wildman–Crippen MR) is 39.7 cm³/mol. The van der Waals surface area contributed by atoms with E-state index < -0.39 is 0 Å². The van der Waals surface area contributed by atoms with Gasteiger partial charge in [0, 0.05) is 20.4 Å². The molecule has 0 spiro atoms. The van der Waals surface area contributed by atoms with Crippen LogP contribution in [0, 0.1) is 0 Å². The SMILES string of the molecule is OC1CCc2ccccc21.[Pd]. The van der Waals surface area contributed by atoms with Crippen molar-refractivity contribution in [3.05, 3.63) is 35.4 Å². The van der Waals surface area contributed by atoms with Gasteiger partial charge in [-0.3, -0.25) is 0 Å². The van der Waals surface area contributed by atoms with E-state index in [0.29, 0.717) is 0 Å². The summed E-state index contributed by atoms with van der Waals surface area (Å²) in [5.74, 6) is 0. The summed E-state index contributed by atoms with van der Waals surface area (Å²) in [5, 5.41) is 9.38. The molecule has 0 aliphatic heterocycles. The molecule has 0 aromatic heterocycles. The van der Waals surface area contributed by atoms with Crippen LogP contribution in [0.15, 0.2) is 24.3 Å². The average molecular weight is 241 g/mol. The monoisotopic (exact) mass is 240 g/mol. The van der Waals surface area contributed by atoms with Gasteiger partial charge in [0.1, 0.15) is 0 Å². The zero-order valence-electron chi connectivity index (χ0n) is 6.06. The number of aliphatic hydroxyl groups excluding tert-OH is 1. The van der Waals surface area contributed by atoms with E-state index in [-0.39, 0.29) is 26.5 Å². The van der Waals surface area contributed by atoms with E-state index >= 15 is 0 Å². The van der Waals surface area contributed by atoms with Crippen LogP contribution in [-0.2, 0) is 26.8 Å². The van der Waals surface area contributed by atoms with Crippen LogP contribution in [0.25, 0.3) is 0 Å². The molecule has 11 heavy (non-hydrogen) atoms. The fourth-order valence-corrected chi connectivity index (χ4v) is 1.53. The minimum Gasteiger partial charge on any atom is -0.388 e. The molecule has 2 rings (SSSR count). The Bertz CT molecular complexity index is 247. The van der Waals surface area contributed by atoms with E-state index in [1.807, 2.05) is 18.2 Å². The van der Waals surface area contributed by atoms with Gasteiger partial charge in [-0.2, -0.15) is 0 Å². The molecular formula is C9H10OPd. The molecule has 1 nitrogen and oxygen atoms in total. The van der Waals surface area contributed by atoms with Crippen LogP contribution in [0.4, 0.5) is 0 Å². The summed E-state index contributed by atoms with van der Waals surface area (Å²) in [7, 11) is 0. The first-order chi connectivity index (χ1) is 4.88. The van der Waals surface area contributed by atoms with Crippen molar-refractivity contribution in [2.45, 2.75) is 18.9 Å². The molecule has 0 saturated heterocycles. The number of hydrogen-bond donors (Lipinski definition) is 1. The van der Waals surface area contributed by atoms with E-state index in [2.05, 4.69) is 6.07 Å². The number of aryl methyl sites for hydroxylation is 1. The first kappa shape index (κ1) is 8.93. The summed E-state index contributed by atoms with van der Waals surface area (Å²) in [6.07, 6.45) is 1.74. The second-order valence-electron chi connectivity index (χ2n) is 2.75. The summed E-state index contributed by atoms with van der Waals surface area (Å²) in [5.41, 5.74) is 2.44. The van der Waals surface area contributed by atoms with Crippen molar-refractivity contribution in [1.82, 2.24) is 0 Å². The molecule has 1 aliphatic carbocycles. The van der Waals surface area contributed by atoms with Gasteiger partial charge in [0.15, 0.2) is 0 Å². The second-order valence-corrected chi connectivity index (χ2v) is 2.75. The van der Waals surface area contributed by atoms with Gasteiger partial charge in [0.05, 0.1) is 6.10 Å². The van der Waals surface area contributed by atoms with E-state index in [4.69, 9.17) is 0 Å². The van der Waals surface area contributed by atoms with Gasteiger partial charge in [-0.15, -0.1) is 0 Å². The Morgan fingerprint density at radius 3 is 2.73 bits per heavy atom. The Hall–Kier alpha value is -0.158. The molecule has 0 bridgehead atoms. The maximum atomic E-state index is 9.38. The van der Waals surface area contributed by atoms with Crippen molar-refractivity contribution in [2.75, 3.05) is 0 Å². The van der Waals surface area contributed by atoms with E-state index in [1.54, 1.807) is 0 Å². The topological polar surface area (TPSA) is 20.2 Å². The van der Waals surface area contributed by atoms with Crippen LogP contribution in [0.2, 0.25) is 0 Å². The molecule has 1 aromatic carbocycles. The summed E-state index contributed by atoms with van der Waals surface area (Å²) in [4.78, 5) is 0. The second kappa shape index (κ2) is 3.49. The zero-order valence-corrected chi connectivity index (χ0v) is 7.62. The molecule has 0 amide bonds. The van der Waals surface area contributed by atoms with Gasteiger partial charge in [0.2, 0.25) is 0 Å². The van der Waals surface area contributed by atoms with Crippen LogP contribution in [0.5, 0.6) is 0 Å². The number of fused-ring (bicyclic) bond motifs is 1. The Morgan fingerprint density at radius 1 is 1.27 bits per heavy atom. The van der Waals surface area contributed by atoms with Crippen LogP contribution in [0.3, 0.4) is 0 Å². The van der Waals surface area contributed by atoms with Crippen LogP contribution < -0.4 is 0 Å². The third-order valence-corrected chi connectivity index (χ3v) is 2.10. The normalized spacial score (nSPS) is 20.6. The molecule has 0 radical (unpaired) electrons. The van der Waals surface area contributed by atoms with Crippen molar-refractivity contribution in [3.8, 4) is 0 Å². The average Bonchev–Trinajstić information content (AvgIpc) is 2.34. The first-order valence-electron chi connectivity index (χ1n) is 3.64. The van der Waals surface area contributed by atoms with Gasteiger partial charge in [-0.05, 0) is 24.0 Å². The van der Waals surface area contributed by atoms with Crippen LogP contribution in [-0.4, -0.2) is 5.11 Å². The van der Waals surface area contributed by atoms with Crippen LogP contribution >= 0.6 is 0 Å². The molecule has 1 N–H and O–H groups in total. The molecule has 1 aliphatic rings. The summed E-state index contributed by atoms with van der Waals surface area (Å²) < 4.78 is 0. The molecule has 2 heteroatoms. The number of hydrogen-bond acceptors (Lipinski definition) is 1. The van der Waals surface area contributed by atoms with Gasteiger partial charge < -0.3 is 5.11 Å². The van der Waals surface area contributed by atoms with Crippen molar-refractivity contribution in [1.29, 1.82) is 0 Å². The third-order valence-electron chi connectivity index (χ3n) is 2.10. The molecule has 1 unspecified atom stereocenters. The predicted octanol–water partition coefficient (Wildman–Crippen LogP) is 1.66. The van der Waals surface area contributed by atoms with Crippen molar-refractivity contribution >= 4 is 0 Å². The Kier molecular flexibility index (Phi) is 2.84. The molecular weight excluding hydrogens is 231 g/mol. The smallest absolute Gasteiger partial charge is 0.0795 e. The maximum Gasteiger partial charge on any atom is 0.0795 e. The molecule has 0 heterocycles. The van der Waals surface area contributed by atoms with Gasteiger partial charge in [-0.25, -0.2) is 0 Å². The molecule has 1 atom stereocenters. The molecule has 1 aromatic rings. The van der Waals surface area contributed by atoms with Crippen LogP contribution in [0.1, 0.15) is 23.7 Å². The zero-order chi connectivity index (χ0) is 6.97. The molecule has 0 fully saturated rings. The van der Waals surface area contributed by atoms with Crippen molar-refractivity contribution < 1.29 is 25.5 Å². The number of rotatable bonds is 0. The summed E-state index contributed by atoms with van der Waals surface area (Å²) >= 11 is 0. The standard InChI is InChI=1S/C9H10O.Pd/c10-9-6-5-7-3-1-2-4-8(7)9;/h1-4,9-10H,5-6H2;. The summed E-state index contributed by atoms with van der Waals surface area (Å²) in [6.45, 7) is 0. The Morgan fingerprint density at radius 2 is 2.00 bits per heavy atom. The fourth-order valence-electron chi connectivity index (χ4n) is 1.53. The Balaban J connectivity index is 0.000000605. The Labute approximate surface area is 80.1 Å². The fraction of sp³-hybridized carbons (Fsp3) is 0.333. The van der Waals surface area contributed by atoms with Gasteiger partial charge >= 0.3 is 0 Å². The molecule has 0 saturated carbocycles. The van der Waals surface area contributed by atoms with Crippen molar-refractivity contribution in [2.24, 2.45) is 0 Å². The first-order valence-corrected chi connectivity index (χ1v) is 3.64. The van der Waals surface area contributed by atoms with E-state index in [9.17, 15) is 5.11 Å². The van der Waals surface area contributed by atoms with Crippen molar-refractivity contribution in [3.63, 3.8) is 0 Å². The maximum absolute atomic E-state index is 9.38. The quantitative estimate of drug-likeness (QED) is 0.684. The van der Waals surface area contributed by atoms with Gasteiger partial charge in [0.25, 0.3) is 0 Å². The minimum absolute atomic E-state index is 0. The number of benzene rings is 1. The number of aliphatic hydroxyl groups is 1. The summed E-state index contributed by atoms with van der Waals surface area (Å²) in [6, 6.07) is 8.10. The van der Waals surface area contributed by atoms with E-state index in [0.717, 1.165) is 18.4 Å². The molecule has 62 valence electrons. The van der Waals surface area contributed by atoms with E-state index in [1.165, 1.54) is 5.56 Å². The largest absolute Gasteiger partial charge is 0.388 e. The van der Waals surface area contributed by atoms with Gasteiger partial charge in [-0.1, -0.05) is 24.3 Å².